The zero-order valence-electron chi connectivity index (χ0n) is 8.42. The van der Waals surface area contributed by atoms with Gasteiger partial charge in [0.05, 0.1) is 0 Å². The normalized spacial score (nSPS) is 11.0. The number of furan rings is 1. The molecule has 1 aromatic heterocycles. The highest BCUT2D eigenvalue weighted by atomic mass is 16.3. The van der Waals surface area contributed by atoms with Gasteiger partial charge in [0.1, 0.15) is 11.3 Å². The van der Waals surface area contributed by atoms with E-state index in [2.05, 4.69) is 13.0 Å². The summed E-state index contributed by atoms with van der Waals surface area (Å²) in [5, 5.41) is 1.22. The van der Waals surface area contributed by atoms with Gasteiger partial charge in [0, 0.05) is 17.4 Å². The Bertz CT molecular complexity index is 431. The first-order valence-corrected chi connectivity index (χ1v) is 5.06. The molecular weight excluding hydrogens is 174 g/mol. The van der Waals surface area contributed by atoms with Gasteiger partial charge < -0.3 is 10.2 Å². The third-order valence-electron chi connectivity index (χ3n) is 2.50. The fraction of sp³-hybridized carbons (Fsp3) is 0.333. The molecule has 0 spiro atoms. The van der Waals surface area contributed by atoms with Crippen molar-refractivity contribution in [3.63, 3.8) is 0 Å². The molecule has 0 unspecified atom stereocenters. The molecule has 2 aromatic rings. The molecule has 1 heterocycles. The number of fused-ring (bicyclic) bond motifs is 1. The van der Waals surface area contributed by atoms with Gasteiger partial charge in [-0.3, -0.25) is 0 Å². The number of para-hydroxylation sites is 1. The molecule has 0 aliphatic carbocycles. The molecule has 0 aliphatic rings. The van der Waals surface area contributed by atoms with Crippen LogP contribution in [0.25, 0.3) is 11.0 Å². The molecular formula is C12H15NO. The molecule has 14 heavy (non-hydrogen) atoms. The average molecular weight is 189 g/mol. The predicted octanol–water partition coefficient (Wildman–Crippen LogP) is 2.50. The van der Waals surface area contributed by atoms with Gasteiger partial charge in [0.25, 0.3) is 0 Å². The highest BCUT2D eigenvalue weighted by Crippen LogP contribution is 2.26. The fourth-order valence-corrected chi connectivity index (χ4v) is 1.85. The van der Waals surface area contributed by atoms with Crippen molar-refractivity contribution in [2.24, 2.45) is 5.73 Å². The topological polar surface area (TPSA) is 39.2 Å². The number of aryl methyl sites for hydroxylation is 1. The fourth-order valence-electron chi connectivity index (χ4n) is 1.85. The van der Waals surface area contributed by atoms with Crippen LogP contribution in [0.5, 0.6) is 0 Å². The molecule has 0 saturated heterocycles. The zero-order valence-corrected chi connectivity index (χ0v) is 8.42. The number of benzene rings is 1. The van der Waals surface area contributed by atoms with Crippen LogP contribution in [-0.4, -0.2) is 6.54 Å². The van der Waals surface area contributed by atoms with E-state index in [9.17, 15) is 0 Å². The standard InChI is InChI=1S/C12H15NO/c1-2-11-10(7-8-13)9-5-3-4-6-12(9)14-11/h3-6H,2,7-8,13H2,1H3. The van der Waals surface area contributed by atoms with Crippen molar-refractivity contribution in [3.8, 4) is 0 Å². The molecule has 0 atom stereocenters. The van der Waals surface area contributed by atoms with Crippen LogP contribution in [0.2, 0.25) is 0 Å². The van der Waals surface area contributed by atoms with Crippen LogP contribution in [0, 0.1) is 0 Å². The van der Waals surface area contributed by atoms with Gasteiger partial charge in [-0.15, -0.1) is 0 Å². The molecule has 0 aliphatic heterocycles. The zero-order chi connectivity index (χ0) is 9.97. The minimum Gasteiger partial charge on any atom is -0.461 e. The van der Waals surface area contributed by atoms with Gasteiger partial charge in [-0.05, 0) is 19.0 Å². The number of hydrogen-bond donors (Lipinski definition) is 1. The molecule has 0 bridgehead atoms. The number of hydrogen-bond acceptors (Lipinski definition) is 2. The van der Waals surface area contributed by atoms with Gasteiger partial charge in [-0.1, -0.05) is 25.1 Å². The lowest BCUT2D eigenvalue weighted by Gasteiger charge is -1.97. The van der Waals surface area contributed by atoms with Gasteiger partial charge in [0.2, 0.25) is 0 Å². The molecule has 2 heteroatoms. The summed E-state index contributed by atoms with van der Waals surface area (Å²) < 4.78 is 5.75. The van der Waals surface area contributed by atoms with E-state index in [1.165, 1.54) is 10.9 Å². The highest BCUT2D eigenvalue weighted by molar-refractivity contribution is 5.82. The number of rotatable bonds is 3. The Labute approximate surface area is 83.7 Å². The summed E-state index contributed by atoms with van der Waals surface area (Å²) in [5.74, 6) is 1.08. The van der Waals surface area contributed by atoms with Crippen LogP contribution in [0.3, 0.4) is 0 Å². The van der Waals surface area contributed by atoms with Gasteiger partial charge in [0.15, 0.2) is 0 Å². The Morgan fingerprint density at radius 3 is 2.79 bits per heavy atom. The van der Waals surface area contributed by atoms with Gasteiger partial charge in [-0.25, -0.2) is 0 Å². The van der Waals surface area contributed by atoms with Gasteiger partial charge >= 0.3 is 0 Å². The lowest BCUT2D eigenvalue weighted by atomic mass is 10.1. The lowest BCUT2D eigenvalue weighted by Crippen LogP contribution is -2.03. The molecule has 0 saturated carbocycles. The molecule has 2 nitrogen and oxygen atoms in total. The molecule has 0 amide bonds. The highest BCUT2D eigenvalue weighted by Gasteiger charge is 2.10. The van der Waals surface area contributed by atoms with E-state index >= 15 is 0 Å². The molecule has 2 N–H and O–H groups in total. The molecule has 74 valence electrons. The molecule has 0 radical (unpaired) electrons. The second-order valence-corrected chi connectivity index (χ2v) is 3.39. The van der Waals surface area contributed by atoms with Gasteiger partial charge in [-0.2, -0.15) is 0 Å². The van der Waals surface area contributed by atoms with Crippen molar-refractivity contribution >= 4 is 11.0 Å². The Balaban J connectivity index is 2.61. The van der Waals surface area contributed by atoms with Crippen LogP contribution in [-0.2, 0) is 12.8 Å². The minimum atomic E-state index is 0.677. The monoisotopic (exact) mass is 189 g/mol. The summed E-state index contributed by atoms with van der Waals surface area (Å²) in [6.45, 7) is 2.79. The van der Waals surface area contributed by atoms with E-state index < -0.39 is 0 Å². The first kappa shape index (κ1) is 9.28. The summed E-state index contributed by atoms with van der Waals surface area (Å²) in [6.07, 6.45) is 1.84. The van der Waals surface area contributed by atoms with E-state index in [-0.39, 0.29) is 0 Å². The van der Waals surface area contributed by atoms with E-state index in [4.69, 9.17) is 10.2 Å². The van der Waals surface area contributed by atoms with Crippen LogP contribution in [0.4, 0.5) is 0 Å². The Kier molecular flexibility index (Phi) is 2.55. The quantitative estimate of drug-likeness (QED) is 0.805. The van der Waals surface area contributed by atoms with Crippen molar-refractivity contribution in [2.75, 3.05) is 6.54 Å². The van der Waals surface area contributed by atoms with Crippen molar-refractivity contribution in [2.45, 2.75) is 19.8 Å². The van der Waals surface area contributed by atoms with Crippen molar-refractivity contribution in [1.82, 2.24) is 0 Å². The Morgan fingerprint density at radius 2 is 2.07 bits per heavy atom. The Morgan fingerprint density at radius 1 is 1.29 bits per heavy atom. The van der Waals surface area contributed by atoms with E-state index in [0.29, 0.717) is 6.54 Å². The molecule has 0 fully saturated rings. The maximum Gasteiger partial charge on any atom is 0.134 e. The van der Waals surface area contributed by atoms with Crippen molar-refractivity contribution < 1.29 is 4.42 Å². The largest absolute Gasteiger partial charge is 0.461 e. The first-order chi connectivity index (χ1) is 6.86. The Hall–Kier alpha value is -1.28. The van der Waals surface area contributed by atoms with E-state index in [1.54, 1.807) is 0 Å². The summed E-state index contributed by atoms with van der Waals surface area (Å²) in [7, 11) is 0. The predicted molar refractivity (Wildman–Crippen MR) is 58.4 cm³/mol. The van der Waals surface area contributed by atoms with Crippen molar-refractivity contribution in [1.29, 1.82) is 0 Å². The third kappa shape index (κ3) is 1.42. The second-order valence-electron chi connectivity index (χ2n) is 3.39. The molecule has 1 aromatic carbocycles. The number of nitrogens with two attached hydrogens (primary N) is 1. The minimum absolute atomic E-state index is 0.677. The first-order valence-electron chi connectivity index (χ1n) is 5.06. The summed E-state index contributed by atoms with van der Waals surface area (Å²) >= 11 is 0. The van der Waals surface area contributed by atoms with Crippen molar-refractivity contribution in [3.05, 3.63) is 35.6 Å². The summed E-state index contributed by atoms with van der Waals surface area (Å²) in [6, 6.07) is 8.15. The van der Waals surface area contributed by atoms with Crippen LogP contribution >= 0.6 is 0 Å². The molecule has 2 rings (SSSR count). The second kappa shape index (κ2) is 3.84. The van der Waals surface area contributed by atoms with Crippen LogP contribution in [0.1, 0.15) is 18.2 Å². The summed E-state index contributed by atoms with van der Waals surface area (Å²) in [5.41, 5.74) is 7.86. The lowest BCUT2D eigenvalue weighted by molar-refractivity contribution is 0.550. The smallest absolute Gasteiger partial charge is 0.134 e. The van der Waals surface area contributed by atoms with Crippen LogP contribution in [0.15, 0.2) is 28.7 Å². The maximum absolute atomic E-state index is 5.75. The van der Waals surface area contributed by atoms with Crippen LogP contribution < -0.4 is 5.73 Å². The average Bonchev–Trinajstić information content (AvgIpc) is 2.58. The van der Waals surface area contributed by atoms with E-state index in [0.717, 1.165) is 24.2 Å². The van der Waals surface area contributed by atoms with E-state index in [1.807, 2.05) is 18.2 Å². The maximum atomic E-state index is 5.75. The third-order valence-corrected chi connectivity index (χ3v) is 2.50. The summed E-state index contributed by atoms with van der Waals surface area (Å²) in [4.78, 5) is 0. The SMILES string of the molecule is CCc1oc2ccccc2c1CCN.